The zero-order chi connectivity index (χ0) is 13.4. The third-order valence-corrected chi connectivity index (χ3v) is 3.85. The molecule has 0 amide bonds. The van der Waals surface area contributed by atoms with Crippen molar-refractivity contribution in [2.45, 2.75) is 5.03 Å². The van der Waals surface area contributed by atoms with E-state index in [0.29, 0.717) is 15.8 Å². The molecule has 19 heavy (non-hydrogen) atoms. The Balaban J connectivity index is 2.00. The fourth-order valence-corrected chi connectivity index (χ4v) is 2.74. The summed E-state index contributed by atoms with van der Waals surface area (Å²) in [7, 11) is 0. The van der Waals surface area contributed by atoms with Crippen LogP contribution in [0.1, 0.15) is 16.1 Å². The number of nitrogens with zero attached hydrogens (tertiary/aromatic N) is 4. The molecule has 1 aromatic carbocycles. The standard InChI is InChI=1S/C11H7ClN4O2S/c12-7-3-1-6(2-4-7)8-5-19-10-9(11(17)18)13-15-16(10)14-8/h1-4H,5H2,(H,17,18). The minimum absolute atomic E-state index is 0.0658. The lowest BCUT2D eigenvalue weighted by Gasteiger charge is -2.12. The predicted octanol–water partition coefficient (Wildman–Crippen LogP) is 1.99. The molecule has 2 aromatic rings. The van der Waals surface area contributed by atoms with Gasteiger partial charge in [-0.15, -0.1) is 9.89 Å². The Morgan fingerprint density at radius 1 is 1.37 bits per heavy atom. The zero-order valence-electron chi connectivity index (χ0n) is 9.45. The first kappa shape index (κ1) is 12.2. The maximum atomic E-state index is 10.9. The van der Waals surface area contributed by atoms with Gasteiger partial charge in [-0.1, -0.05) is 35.5 Å². The molecule has 2 heterocycles. The number of aromatic carboxylic acids is 1. The lowest BCUT2D eigenvalue weighted by atomic mass is 10.1. The van der Waals surface area contributed by atoms with Gasteiger partial charge in [0.25, 0.3) is 0 Å². The number of benzene rings is 1. The maximum Gasteiger partial charge on any atom is 0.359 e. The molecule has 0 saturated heterocycles. The van der Waals surface area contributed by atoms with Crippen molar-refractivity contribution in [1.29, 1.82) is 0 Å². The Morgan fingerprint density at radius 3 is 2.79 bits per heavy atom. The highest BCUT2D eigenvalue weighted by atomic mass is 35.5. The Bertz CT molecular complexity index is 681. The molecule has 1 aromatic heterocycles. The lowest BCUT2D eigenvalue weighted by Crippen LogP contribution is -2.14. The van der Waals surface area contributed by atoms with Crippen molar-refractivity contribution < 1.29 is 9.90 Å². The first-order valence-corrected chi connectivity index (χ1v) is 6.67. The Labute approximate surface area is 117 Å². The fraction of sp³-hybridized carbons (Fsp3) is 0.0909. The second-order valence-electron chi connectivity index (χ2n) is 3.78. The first-order chi connectivity index (χ1) is 9.15. The highest BCUT2D eigenvalue weighted by Gasteiger charge is 2.24. The van der Waals surface area contributed by atoms with E-state index >= 15 is 0 Å². The van der Waals surface area contributed by atoms with Crippen LogP contribution >= 0.6 is 23.4 Å². The number of carboxylic acid groups (broad SMARTS) is 1. The van der Waals surface area contributed by atoms with Crippen LogP contribution in [-0.2, 0) is 0 Å². The van der Waals surface area contributed by atoms with Gasteiger partial charge in [0.05, 0.1) is 5.71 Å². The van der Waals surface area contributed by atoms with Crippen molar-refractivity contribution in [3.8, 4) is 0 Å². The quantitative estimate of drug-likeness (QED) is 0.916. The molecule has 0 fully saturated rings. The van der Waals surface area contributed by atoms with E-state index in [-0.39, 0.29) is 5.69 Å². The summed E-state index contributed by atoms with van der Waals surface area (Å²) in [6, 6.07) is 7.29. The van der Waals surface area contributed by atoms with Crippen LogP contribution in [0, 0.1) is 0 Å². The minimum Gasteiger partial charge on any atom is -0.476 e. The summed E-state index contributed by atoms with van der Waals surface area (Å²) in [5, 5.41) is 21.7. The molecule has 0 spiro atoms. The molecule has 96 valence electrons. The van der Waals surface area contributed by atoms with E-state index in [1.54, 1.807) is 12.1 Å². The second kappa shape index (κ2) is 4.67. The van der Waals surface area contributed by atoms with Gasteiger partial charge in [0.15, 0.2) is 5.03 Å². The summed E-state index contributed by atoms with van der Waals surface area (Å²) in [5.41, 5.74) is 1.66. The van der Waals surface area contributed by atoms with Gasteiger partial charge in [0, 0.05) is 10.8 Å². The summed E-state index contributed by atoms with van der Waals surface area (Å²) < 4.78 is 0. The smallest absolute Gasteiger partial charge is 0.359 e. The van der Waals surface area contributed by atoms with Crippen LogP contribution in [0.2, 0.25) is 5.02 Å². The Morgan fingerprint density at radius 2 is 2.11 bits per heavy atom. The molecular weight excluding hydrogens is 288 g/mol. The van der Waals surface area contributed by atoms with Crippen molar-refractivity contribution in [2.24, 2.45) is 5.10 Å². The van der Waals surface area contributed by atoms with Gasteiger partial charge >= 0.3 is 5.97 Å². The van der Waals surface area contributed by atoms with Crippen LogP contribution in [-0.4, -0.2) is 37.6 Å². The van der Waals surface area contributed by atoms with Gasteiger partial charge < -0.3 is 5.11 Å². The molecule has 0 bridgehead atoms. The monoisotopic (exact) mass is 294 g/mol. The van der Waals surface area contributed by atoms with Gasteiger partial charge in [-0.2, -0.15) is 5.10 Å². The molecule has 0 unspecified atom stereocenters. The second-order valence-corrected chi connectivity index (χ2v) is 5.18. The number of thioether (sulfide) groups is 1. The molecule has 1 N–H and O–H groups in total. The van der Waals surface area contributed by atoms with Crippen LogP contribution in [0.25, 0.3) is 0 Å². The van der Waals surface area contributed by atoms with Crippen molar-refractivity contribution >= 4 is 35.0 Å². The summed E-state index contributed by atoms with van der Waals surface area (Å²) in [5.74, 6) is -0.533. The SMILES string of the molecule is O=C(O)c1nnn2c1SCC(c1ccc(Cl)cc1)=N2. The highest BCUT2D eigenvalue weighted by Crippen LogP contribution is 2.26. The molecule has 0 radical (unpaired) electrons. The van der Waals surface area contributed by atoms with Gasteiger partial charge in [-0.25, -0.2) is 4.79 Å². The summed E-state index contributed by atoms with van der Waals surface area (Å²) >= 11 is 7.18. The number of halogens is 1. The summed E-state index contributed by atoms with van der Waals surface area (Å²) in [6.07, 6.45) is 0. The lowest BCUT2D eigenvalue weighted by molar-refractivity contribution is 0.0686. The van der Waals surface area contributed by atoms with Gasteiger partial charge in [0.2, 0.25) is 5.69 Å². The van der Waals surface area contributed by atoms with Gasteiger partial charge in [-0.05, 0) is 22.9 Å². The summed E-state index contributed by atoms with van der Waals surface area (Å²) in [4.78, 5) is 12.2. The molecule has 8 heteroatoms. The predicted molar refractivity (Wildman–Crippen MR) is 71.1 cm³/mol. The van der Waals surface area contributed by atoms with Crippen molar-refractivity contribution in [2.75, 3.05) is 5.75 Å². The van der Waals surface area contributed by atoms with Crippen molar-refractivity contribution in [3.05, 3.63) is 40.5 Å². The van der Waals surface area contributed by atoms with E-state index in [1.807, 2.05) is 12.1 Å². The van der Waals surface area contributed by atoms with Crippen LogP contribution in [0.5, 0.6) is 0 Å². The van der Waals surface area contributed by atoms with Gasteiger partial charge in [0.1, 0.15) is 0 Å². The average Bonchev–Trinajstić information content (AvgIpc) is 2.82. The third kappa shape index (κ3) is 2.22. The van der Waals surface area contributed by atoms with Crippen molar-refractivity contribution in [1.82, 2.24) is 15.1 Å². The third-order valence-electron chi connectivity index (χ3n) is 2.55. The van der Waals surface area contributed by atoms with E-state index in [9.17, 15) is 4.79 Å². The van der Waals surface area contributed by atoms with E-state index in [0.717, 1.165) is 11.3 Å². The molecule has 3 rings (SSSR count). The van der Waals surface area contributed by atoms with Crippen LogP contribution in [0.3, 0.4) is 0 Å². The molecule has 1 aliphatic heterocycles. The zero-order valence-corrected chi connectivity index (χ0v) is 11.0. The molecule has 0 saturated carbocycles. The summed E-state index contributed by atoms with van der Waals surface area (Å²) in [6.45, 7) is 0. The van der Waals surface area contributed by atoms with Crippen LogP contribution in [0.15, 0.2) is 34.4 Å². The molecule has 0 aliphatic carbocycles. The van der Waals surface area contributed by atoms with E-state index in [1.165, 1.54) is 16.6 Å². The number of hydrogen-bond acceptors (Lipinski definition) is 5. The average molecular weight is 295 g/mol. The normalized spacial score (nSPS) is 13.8. The Hall–Kier alpha value is -1.86. The largest absolute Gasteiger partial charge is 0.476 e. The van der Waals surface area contributed by atoms with Crippen LogP contribution in [0.4, 0.5) is 0 Å². The number of fused-ring (bicyclic) bond motifs is 1. The molecule has 1 aliphatic rings. The number of hydrogen-bond donors (Lipinski definition) is 1. The van der Waals surface area contributed by atoms with Crippen LogP contribution < -0.4 is 0 Å². The first-order valence-electron chi connectivity index (χ1n) is 5.31. The molecule has 0 atom stereocenters. The number of carboxylic acids is 1. The molecular formula is C11H7ClN4O2S. The topological polar surface area (TPSA) is 80.4 Å². The highest BCUT2D eigenvalue weighted by molar-refractivity contribution is 8.00. The van der Waals surface area contributed by atoms with Gasteiger partial charge in [-0.3, -0.25) is 0 Å². The fourth-order valence-electron chi connectivity index (χ4n) is 1.65. The minimum atomic E-state index is -1.10. The number of aromatic nitrogens is 3. The Kier molecular flexibility index (Phi) is 3.00. The van der Waals surface area contributed by atoms with E-state index < -0.39 is 5.97 Å². The number of carbonyl (C=O) groups is 1. The van der Waals surface area contributed by atoms with E-state index in [4.69, 9.17) is 16.7 Å². The maximum absolute atomic E-state index is 10.9. The number of rotatable bonds is 2. The van der Waals surface area contributed by atoms with E-state index in [2.05, 4.69) is 15.4 Å². The molecule has 6 nitrogen and oxygen atoms in total. The van der Waals surface area contributed by atoms with Crippen molar-refractivity contribution in [3.63, 3.8) is 0 Å².